The van der Waals surface area contributed by atoms with Crippen molar-refractivity contribution >= 4 is 0 Å². The summed E-state index contributed by atoms with van der Waals surface area (Å²) in [6.45, 7) is 0. The van der Waals surface area contributed by atoms with Crippen molar-refractivity contribution in [1.82, 2.24) is 9.78 Å². The summed E-state index contributed by atoms with van der Waals surface area (Å²) >= 11 is 0. The first-order chi connectivity index (χ1) is 10.1. The highest BCUT2D eigenvalue weighted by molar-refractivity contribution is 5.54. The molecule has 1 aromatic carbocycles. The molecule has 1 aromatic heterocycles. The SMILES string of the molecule is COc1cc(C(O)Cc2cnn(C)c2)cc(OC)c1OC. The molecule has 1 atom stereocenters. The largest absolute Gasteiger partial charge is 0.493 e. The van der Waals surface area contributed by atoms with E-state index in [9.17, 15) is 5.11 Å². The van der Waals surface area contributed by atoms with E-state index in [-0.39, 0.29) is 0 Å². The molecule has 0 amide bonds. The number of methoxy groups -OCH3 is 3. The molecule has 0 aliphatic heterocycles. The minimum Gasteiger partial charge on any atom is -0.493 e. The molecule has 0 aliphatic rings. The third-order valence-electron chi connectivity index (χ3n) is 3.26. The number of ether oxygens (including phenoxy) is 3. The lowest BCUT2D eigenvalue weighted by molar-refractivity contribution is 0.177. The number of aliphatic hydroxyl groups excluding tert-OH is 1. The molecular formula is C15H20N2O4. The number of nitrogens with zero attached hydrogens (tertiary/aromatic N) is 2. The molecule has 21 heavy (non-hydrogen) atoms. The van der Waals surface area contributed by atoms with Crippen molar-refractivity contribution in [2.24, 2.45) is 7.05 Å². The van der Waals surface area contributed by atoms with E-state index in [1.165, 1.54) is 0 Å². The van der Waals surface area contributed by atoms with Crippen LogP contribution in [0, 0.1) is 0 Å². The first-order valence-corrected chi connectivity index (χ1v) is 6.54. The van der Waals surface area contributed by atoms with Gasteiger partial charge in [-0.3, -0.25) is 4.68 Å². The van der Waals surface area contributed by atoms with E-state index in [2.05, 4.69) is 5.10 Å². The fourth-order valence-electron chi connectivity index (χ4n) is 2.21. The van der Waals surface area contributed by atoms with E-state index in [0.717, 1.165) is 5.56 Å². The third-order valence-corrected chi connectivity index (χ3v) is 3.26. The molecule has 0 saturated heterocycles. The van der Waals surface area contributed by atoms with Crippen molar-refractivity contribution in [3.8, 4) is 17.2 Å². The van der Waals surface area contributed by atoms with E-state index in [1.807, 2.05) is 13.2 Å². The predicted octanol–water partition coefficient (Wildman–Crippen LogP) is 1.72. The summed E-state index contributed by atoms with van der Waals surface area (Å²) in [5.74, 6) is 1.56. The van der Waals surface area contributed by atoms with Gasteiger partial charge in [-0.25, -0.2) is 0 Å². The van der Waals surface area contributed by atoms with Crippen molar-refractivity contribution in [2.75, 3.05) is 21.3 Å². The van der Waals surface area contributed by atoms with Gasteiger partial charge in [0.25, 0.3) is 0 Å². The van der Waals surface area contributed by atoms with Gasteiger partial charge < -0.3 is 19.3 Å². The highest BCUT2D eigenvalue weighted by Gasteiger charge is 2.18. The molecule has 0 spiro atoms. The highest BCUT2D eigenvalue weighted by Crippen LogP contribution is 2.40. The molecule has 0 saturated carbocycles. The molecule has 0 fully saturated rings. The molecule has 6 nitrogen and oxygen atoms in total. The van der Waals surface area contributed by atoms with Gasteiger partial charge in [0, 0.05) is 19.7 Å². The third kappa shape index (κ3) is 3.28. The Labute approximate surface area is 123 Å². The molecule has 0 radical (unpaired) electrons. The van der Waals surface area contributed by atoms with Crippen molar-refractivity contribution in [2.45, 2.75) is 12.5 Å². The Kier molecular flexibility index (Phi) is 4.70. The number of aryl methyl sites for hydroxylation is 1. The van der Waals surface area contributed by atoms with E-state index < -0.39 is 6.10 Å². The second-order valence-electron chi connectivity index (χ2n) is 4.70. The normalized spacial score (nSPS) is 12.0. The summed E-state index contributed by atoms with van der Waals surface area (Å²) in [5, 5.41) is 14.5. The molecule has 1 heterocycles. The lowest BCUT2D eigenvalue weighted by atomic mass is 10.0. The topological polar surface area (TPSA) is 65.7 Å². The molecule has 2 rings (SSSR count). The molecule has 1 N–H and O–H groups in total. The molecular weight excluding hydrogens is 272 g/mol. The Morgan fingerprint density at radius 2 is 1.76 bits per heavy atom. The lowest BCUT2D eigenvalue weighted by Crippen LogP contribution is -2.04. The summed E-state index contributed by atoms with van der Waals surface area (Å²) in [7, 11) is 6.49. The molecule has 0 bridgehead atoms. The van der Waals surface area contributed by atoms with Crippen molar-refractivity contribution < 1.29 is 19.3 Å². The maximum atomic E-state index is 10.4. The quantitative estimate of drug-likeness (QED) is 0.878. The summed E-state index contributed by atoms with van der Waals surface area (Å²) < 4.78 is 17.6. The van der Waals surface area contributed by atoms with E-state index in [4.69, 9.17) is 14.2 Å². The van der Waals surface area contributed by atoms with Crippen LogP contribution in [0.4, 0.5) is 0 Å². The number of hydrogen-bond donors (Lipinski definition) is 1. The second-order valence-corrected chi connectivity index (χ2v) is 4.70. The number of aromatic nitrogens is 2. The fourth-order valence-corrected chi connectivity index (χ4v) is 2.21. The van der Waals surface area contributed by atoms with Crippen LogP contribution in [0.25, 0.3) is 0 Å². The minimum atomic E-state index is -0.678. The van der Waals surface area contributed by atoms with Gasteiger partial charge in [-0.2, -0.15) is 5.10 Å². The molecule has 114 valence electrons. The van der Waals surface area contributed by atoms with Gasteiger partial charge in [-0.05, 0) is 23.3 Å². The number of hydrogen-bond acceptors (Lipinski definition) is 5. The van der Waals surface area contributed by atoms with Crippen LogP contribution in [0.2, 0.25) is 0 Å². The Morgan fingerprint density at radius 1 is 1.14 bits per heavy atom. The van der Waals surface area contributed by atoms with Gasteiger partial charge in [0.15, 0.2) is 11.5 Å². The van der Waals surface area contributed by atoms with Gasteiger partial charge in [0.05, 0.1) is 33.6 Å². The average molecular weight is 292 g/mol. The van der Waals surface area contributed by atoms with Crippen molar-refractivity contribution in [3.05, 3.63) is 35.7 Å². The minimum absolute atomic E-state index is 0.465. The average Bonchev–Trinajstić information content (AvgIpc) is 2.90. The van der Waals surface area contributed by atoms with Gasteiger partial charge >= 0.3 is 0 Å². The zero-order valence-corrected chi connectivity index (χ0v) is 12.7. The monoisotopic (exact) mass is 292 g/mol. The van der Waals surface area contributed by atoms with Crippen LogP contribution in [0.3, 0.4) is 0 Å². The van der Waals surface area contributed by atoms with Crippen LogP contribution >= 0.6 is 0 Å². The van der Waals surface area contributed by atoms with Gasteiger partial charge in [-0.1, -0.05) is 0 Å². The summed E-state index contributed by atoms with van der Waals surface area (Å²) in [6, 6.07) is 3.50. The van der Waals surface area contributed by atoms with Crippen LogP contribution < -0.4 is 14.2 Å². The van der Waals surface area contributed by atoms with Crippen molar-refractivity contribution in [1.29, 1.82) is 0 Å². The van der Waals surface area contributed by atoms with E-state index in [1.54, 1.807) is 44.3 Å². The van der Waals surface area contributed by atoms with Crippen molar-refractivity contribution in [3.63, 3.8) is 0 Å². The molecule has 2 aromatic rings. The standard InChI is InChI=1S/C15H20N2O4/c1-17-9-10(8-16-17)5-12(18)11-6-13(19-2)15(21-4)14(7-11)20-3/h6-9,12,18H,5H2,1-4H3. The second kappa shape index (κ2) is 6.49. The first-order valence-electron chi connectivity index (χ1n) is 6.54. The summed E-state index contributed by atoms with van der Waals surface area (Å²) in [6.07, 6.45) is 3.40. The Balaban J connectivity index is 2.30. The Bertz CT molecular complexity index is 584. The van der Waals surface area contributed by atoms with Crippen LogP contribution in [-0.2, 0) is 13.5 Å². The number of benzene rings is 1. The van der Waals surface area contributed by atoms with E-state index in [0.29, 0.717) is 29.2 Å². The summed E-state index contributed by atoms with van der Waals surface area (Å²) in [5.41, 5.74) is 1.66. The molecule has 0 aliphatic carbocycles. The van der Waals surface area contributed by atoms with Gasteiger partial charge in [0.2, 0.25) is 5.75 Å². The lowest BCUT2D eigenvalue weighted by Gasteiger charge is -2.16. The molecule has 6 heteroatoms. The fraction of sp³-hybridized carbons (Fsp3) is 0.400. The van der Waals surface area contributed by atoms with Gasteiger partial charge in [0.1, 0.15) is 0 Å². The number of rotatable bonds is 6. The maximum Gasteiger partial charge on any atom is 0.203 e. The number of aliphatic hydroxyl groups is 1. The first kappa shape index (κ1) is 15.2. The highest BCUT2D eigenvalue weighted by atomic mass is 16.5. The zero-order valence-electron chi connectivity index (χ0n) is 12.7. The van der Waals surface area contributed by atoms with Crippen LogP contribution in [-0.4, -0.2) is 36.2 Å². The van der Waals surface area contributed by atoms with Crippen LogP contribution in [0.1, 0.15) is 17.2 Å². The smallest absolute Gasteiger partial charge is 0.203 e. The summed E-state index contributed by atoms with van der Waals surface area (Å²) in [4.78, 5) is 0. The Morgan fingerprint density at radius 3 is 2.19 bits per heavy atom. The van der Waals surface area contributed by atoms with Crippen LogP contribution in [0.5, 0.6) is 17.2 Å². The van der Waals surface area contributed by atoms with Gasteiger partial charge in [-0.15, -0.1) is 0 Å². The van der Waals surface area contributed by atoms with E-state index >= 15 is 0 Å². The Hall–Kier alpha value is -2.21. The predicted molar refractivity (Wildman–Crippen MR) is 78.0 cm³/mol. The maximum absolute atomic E-state index is 10.4. The van der Waals surface area contributed by atoms with Crippen LogP contribution in [0.15, 0.2) is 24.5 Å². The zero-order chi connectivity index (χ0) is 15.4. The molecule has 1 unspecified atom stereocenters.